The van der Waals surface area contributed by atoms with Crippen LogP contribution in [0.25, 0.3) is 0 Å². The van der Waals surface area contributed by atoms with Crippen LogP contribution in [0.15, 0.2) is 12.3 Å². The van der Waals surface area contributed by atoms with E-state index in [1.807, 2.05) is 13.0 Å². The average molecular weight is 222 g/mol. The van der Waals surface area contributed by atoms with Gasteiger partial charge in [0, 0.05) is 11.8 Å². The van der Waals surface area contributed by atoms with Crippen molar-refractivity contribution in [3.63, 3.8) is 0 Å². The first kappa shape index (κ1) is 12.9. The summed E-state index contributed by atoms with van der Waals surface area (Å²) in [6, 6.07) is 2.01. The lowest BCUT2D eigenvalue weighted by atomic mass is 9.85. The van der Waals surface area contributed by atoms with Gasteiger partial charge in [-0.2, -0.15) is 0 Å². The summed E-state index contributed by atoms with van der Waals surface area (Å²) < 4.78 is 0. The van der Waals surface area contributed by atoms with E-state index in [4.69, 9.17) is 11.6 Å². The van der Waals surface area contributed by atoms with E-state index in [1.54, 1.807) is 6.20 Å². The molecule has 0 saturated carbocycles. The molecule has 90 valence electrons. The Labute approximate surface area is 97.4 Å². The number of aromatic nitrogens is 1. The molecule has 1 rings (SSSR count). The summed E-state index contributed by atoms with van der Waals surface area (Å²) in [5.74, 6) is 6.18. The highest BCUT2D eigenvalue weighted by Gasteiger charge is 2.22. The maximum atomic E-state index is 5.91. The van der Waals surface area contributed by atoms with Crippen LogP contribution in [0.5, 0.6) is 0 Å². The summed E-state index contributed by atoms with van der Waals surface area (Å²) in [7, 11) is 0. The molecule has 4 heteroatoms. The van der Waals surface area contributed by atoms with Gasteiger partial charge in [0.2, 0.25) is 0 Å². The molecule has 1 aromatic heterocycles. The molecule has 16 heavy (non-hydrogen) atoms. The molecule has 1 heterocycles. The molecular formula is C12H22N4. The summed E-state index contributed by atoms with van der Waals surface area (Å²) in [5.41, 5.74) is 11.1. The van der Waals surface area contributed by atoms with E-state index in [0.717, 1.165) is 17.5 Å². The lowest BCUT2D eigenvalue weighted by molar-refractivity contribution is 0.313. The Morgan fingerprint density at radius 2 is 2.06 bits per heavy atom. The zero-order valence-electron chi connectivity index (χ0n) is 10.5. The Morgan fingerprint density at radius 1 is 1.44 bits per heavy atom. The van der Waals surface area contributed by atoms with Gasteiger partial charge in [-0.05, 0) is 30.4 Å². The number of hydrogen-bond donors (Lipinski definition) is 3. The third kappa shape index (κ3) is 3.18. The van der Waals surface area contributed by atoms with Gasteiger partial charge in [-0.3, -0.25) is 11.3 Å². The van der Waals surface area contributed by atoms with E-state index in [9.17, 15) is 0 Å². The minimum atomic E-state index is 0.0497. The summed E-state index contributed by atoms with van der Waals surface area (Å²) in [6.45, 7) is 8.57. The molecule has 0 spiro atoms. The van der Waals surface area contributed by atoms with E-state index in [0.29, 0.717) is 5.82 Å². The van der Waals surface area contributed by atoms with Crippen molar-refractivity contribution < 1.29 is 0 Å². The summed E-state index contributed by atoms with van der Waals surface area (Å²) in [5, 5.41) is 0. The first-order valence-corrected chi connectivity index (χ1v) is 5.52. The van der Waals surface area contributed by atoms with Crippen LogP contribution >= 0.6 is 0 Å². The molecule has 1 aromatic rings. The Bertz CT molecular complexity index is 334. The lowest BCUT2D eigenvalue weighted by Gasteiger charge is -2.27. The summed E-state index contributed by atoms with van der Waals surface area (Å²) >= 11 is 0. The van der Waals surface area contributed by atoms with Crippen molar-refractivity contribution in [3.8, 4) is 0 Å². The van der Waals surface area contributed by atoms with E-state index in [2.05, 4.69) is 31.2 Å². The normalized spacial score (nSPS) is 13.8. The molecule has 0 aliphatic carbocycles. The predicted octanol–water partition coefficient (Wildman–Crippen LogP) is 1.91. The van der Waals surface area contributed by atoms with Crippen LogP contribution in [0.3, 0.4) is 0 Å². The Kier molecular flexibility index (Phi) is 3.88. The number of aryl methyl sites for hydroxylation is 1. The fourth-order valence-electron chi connectivity index (χ4n) is 1.90. The first-order valence-electron chi connectivity index (χ1n) is 5.52. The largest absolute Gasteiger partial charge is 0.383 e. The van der Waals surface area contributed by atoms with Crippen molar-refractivity contribution in [3.05, 3.63) is 23.4 Å². The number of nitrogens with two attached hydrogens (primary N) is 2. The Hall–Kier alpha value is -1.13. The summed E-state index contributed by atoms with van der Waals surface area (Å²) in [6.07, 6.45) is 2.64. The van der Waals surface area contributed by atoms with Crippen LogP contribution in [0.2, 0.25) is 0 Å². The monoisotopic (exact) mass is 222 g/mol. The van der Waals surface area contributed by atoms with Gasteiger partial charge < -0.3 is 5.73 Å². The van der Waals surface area contributed by atoms with Crippen molar-refractivity contribution in [2.75, 3.05) is 5.73 Å². The second kappa shape index (κ2) is 4.80. The van der Waals surface area contributed by atoms with Gasteiger partial charge in [0.05, 0.1) is 6.04 Å². The number of nitrogens with zero attached hydrogens (tertiary/aromatic N) is 1. The van der Waals surface area contributed by atoms with E-state index >= 15 is 0 Å². The van der Waals surface area contributed by atoms with Gasteiger partial charge in [0.25, 0.3) is 0 Å². The van der Waals surface area contributed by atoms with Gasteiger partial charge in [-0.15, -0.1) is 0 Å². The second-order valence-electron chi connectivity index (χ2n) is 5.41. The van der Waals surface area contributed by atoms with Crippen molar-refractivity contribution in [2.24, 2.45) is 11.3 Å². The molecule has 1 atom stereocenters. The minimum absolute atomic E-state index is 0.0497. The van der Waals surface area contributed by atoms with Gasteiger partial charge in [-0.1, -0.05) is 20.8 Å². The van der Waals surface area contributed by atoms with E-state index < -0.39 is 0 Å². The molecule has 0 radical (unpaired) electrons. The van der Waals surface area contributed by atoms with Crippen molar-refractivity contribution in [2.45, 2.75) is 40.2 Å². The highest BCUT2D eigenvalue weighted by Crippen LogP contribution is 2.32. The summed E-state index contributed by atoms with van der Waals surface area (Å²) in [4.78, 5) is 4.12. The molecular weight excluding hydrogens is 200 g/mol. The highest BCUT2D eigenvalue weighted by molar-refractivity contribution is 5.46. The number of rotatable bonds is 3. The number of anilines is 1. The maximum Gasteiger partial charge on any atom is 0.128 e. The molecule has 0 bridgehead atoms. The molecule has 1 unspecified atom stereocenters. The molecule has 0 saturated heterocycles. The van der Waals surface area contributed by atoms with Crippen LogP contribution in [0, 0.1) is 12.3 Å². The molecule has 0 amide bonds. The average Bonchev–Trinajstić information content (AvgIpc) is 2.14. The van der Waals surface area contributed by atoms with Crippen molar-refractivity contribution in [1.29, 1.82) is 0 Å². The minimum Gasteiger partial charge on any atom is -0.383 e. The highest BCUT2D eigenvalue weighted by atomic mass is 15.2. The molecule has 0 aromatic carbocycles. The third-order valence-corrected chi connectivity index (χ3v) is 2.61. The topological polar surface area (TPSA) is 77.0 Å². The zero-order valence-corrected chi connectivity index (χ0v) is 10.5. The van der Waals surface area contributed by atoms with Crippen molar-refractivity contribution in [1.82, 2.24) is 10.4 Å². The van der Waals surface area contributed by atoms with Gasteiger partial charge in [-0.25, -0.2) is 4.98 Å². The molecule has 0 aliphatic rings. The van der Waals surface area contributed by atoms with Crippen molar-refractivity contribution >= 4 is 5.82 Å². The fourth-order valence-corrected chi connectivity index (χ4v) is 1.90. The first-order chi connectivity index (χ1) is 7.35. The Morgan fingerprint density at radius 3 is 2.50 bits per heavy atom. The van der Waals surface area contributed by atoms with E-state index in [1.165, 1.54) is 0 Å². The number of nitrogens with one attached hydrogen (secondary N) is 1. The van der Waals surface area contributed by atoms with Crippen LogP contribution in [0.1, 0.15) is 44.4 Å². The number of pyridine rings is 1. The lowest BCUT2D eigenvalue weighted by Crippen LogP contribution is -2.32. The standard InChI is InChI=1S/C12H22N4/c1-8-5-6-15-11(13)10(8)9(16-14)7-12(2,3)4/h5-6,9,16H,7,14H2,1-4H3,(H2,13,15). The maximum absolute atomic E-state index is 5.91. The number of nitrogen functional groups attached to an aromatic ring is 1. The molecule has 4 nitrogen and oxygen atoms in total. The van der Waals surface area contributed by atoms with Crippen LogP contribution in [-0.2, 0) is 0 Å². The van der Waals surface area contributed by atoms with Gasteiger partial charge in [0.15, 0.2) is 0 Å². The smallest absolute Gasteiger partial charge is 0.128 e. The Balaban J connectivity index is 3.04. The molecule has 0 aliphatic heterocycles. The zero-order chi connectivity index (χ0) is 12.3. The predicted molar refractivity (Wildman–Crippen MR) is 67.5 cm³/mol. The second-order valence-corrected chi connectivity index (χ2v) is 5.41. The number of hydrogen-bond acceptors (Lipinski definition) is 4. The van der Waals surface area contributed by atoms with Crippen LogP contribution < -0.4 is 17.0 Å². The van der Waals surface area contributed by atoms with Crippen LogP contribution in [-0.4, -0.2) is 4.98 Å². The number of hydrazine groups is 1. The van der Waals surface area contributed by atoms with Crippen LogP contribution in [0.4, 0.5) is 5.82 Å². The van der Waals surface area contributed by atoms with Gasteiger partial charge in [0.1, 0.15) is 5.82 Å². The molecule has 5 N–H and O–H groups in total. The van der Waals surface area contributed by atoms with Gasteiger partial charge >= 0.3 is 0 Å². The molecule has 0 fully saturated rings. The SMILES string of the molecule is Cc1ccnc(N)c1C(CC(C)(C)C)NN. The quantitative estimate of drug-likeness (QED) is 0.539. The fraction of sp³-hybridized carbons (Fsp3) is 0.583. The van der Waals surface area contributed by atoms with E-state index in [-0.39, 0.29) is 11.5 Å². The third-order valence-electron chi connectivity index (χ3n) is 2.61.